The molecule has 1 rings (SSSR count). The maximum atomic E-state index is 5.80. The Morgan fingerprint density at radius 1 is 1.53 bits per heavy atom. The summed E-state index contributed by atoms with van der Waals surface area (Å²) in [5, 5.41) is 4.11. The third kappa shape index (κ3) is 4.30. The molecule has 1 aromatic rings. The molecule has 2 atom stereocenters. The van der Waals surface area contributed by atoms with Crippen LogP contribution in [0.4, 0.5) is 0 Å². The van der Waals surface area contributed by atoms with Crippen LogP contribution >= 0.6 is 11.3 Å². The summed E-state index contributed by atoms with van der Waals surface area (Å²) in [4.78, 5) is 0. The Morgan fingerprint density at radius 3 is 2.87 bits per heavy atom. The van der Waals surface area contributed by atoms with Crippen LogP contribution in [-0.2, 0) is 9.47 Å². The van der Waals surface area contributed by atoms with Gasteiger partial charge in [0.15, 0.2) is 0 Å². The summed E-state index contributed by atoms with van der Waals surface area (Å²) in [6.07, 6.45) is 0.0742. The van der Waals surface area contributed by atoms with Gasteiger partial charge < -0.3 is 15.2 Å². The van der Waals surface area contributed by atoms with Crippen LogP contribution in [0.3, 0.4) is 0 Å². The number of hydrogen-bond donors (Lipinski definition) is 1. The first kappa shape index (κ1) is 12.6. The first-order valence-electron chi connectivity index (χ1n) is 5.23. The molecule has 0 saturated carbocycles. The average Bonchev–Trinajstić information content (AvgIpc) is 2.76. The molecule has 2 N–H and O–H groups in total. The molecule has 0 amide bonds. The predicted octanol–water partition coefficient (Wildman–Crippen LogP) is 2.19. The van der Waals surface area contributed by atoms with Gasteiger partial charge in [-0.05, 0) is 36.2 Å². The van der Waals surface area contributed by atoms with Crippen molar-refractivity contribution in [3.8, 4) is 0 Å². The molecule has 0 fully saturated rings. The van der Waals surface area contributed by atoms with E-state index >= 15 is 0 Å². The lowest BCUT2D eigenvalue weighted by Crippen LogP contribution is -2.23. The number of nitrogens with two attached hydrogens (primary N) is 1. The smallest absolute Gasteiger partial charge is 0.0959 e. The van der Waals surface area contributed by atoms with Crippen molar-refractivity contribution < 1.29 is 9.47 Å². The number of rotatable bonds is 7. The molecule has 0 bridgehead atoms. The molecule has 2 unspecified atom stereocenters. The van der Waals surface area contributed by atoms with Gasteiger partial charge in [-0.25, -0.2) is 0 Å². The van der Waals surface area contributed by atoms with E-state index in [-0.39, 0.29) is 12.2 Å². The van der Waals surface area contributed by atoms with Crippen molar-refractivity contribution in [3.05, 3.63) is 22.4 Å². The van der Waals surface area contributed by atoms with E-state index in [1.54, 1.807) is 11.3 Å². The van der Waals surface area contributed by atoms with E-state index < -0.39 is 0 Å². The zero-order valence-corrected chi connectivity index (χ0v) is 10.1. The first-order valence-corrected chi connectivity index (χ1v) is 6.17. The van der Waals surface area contributed by atoms with Gasteiger partial charge in [0.25, 0.3) is 0 Å². The normalized spacial score (nSPS) is 15.1. The Balaban J connectivity index is 2.40. The van der Waals surface area contributed by atoms with Crippen LogP contribution in [0.2, 0.25) is 0 Å². The maximum absolute atomic E-state index is 5.80. The Hall–Kier alpha value is -0.420. The van der Waals surface area contributed by atoms with Gasteiger partial charge in [-0.15, -0.1) is 0 Å². The van der Waals surface area contributed by atoms with Crippen LogP contribution in [-0.4, -0.2) is 25.9 Å². The molecule has 15 heavy (non-hydrogen) atoms. The lowest BCUT2D eigenvalue weighted by Gasteiger charge is -2.20. The summed E-state index contributed by atoms with van der Waals surface area (Å²) in [5.41, 5.74) is 6.84. The molecular weight excluding hydrogens is 210 g/mol. The monoisotopic (exact) mass is 229 g/mol. The fourth-order valence-corrected chi connectivity index (χ4v) is 2.03. The van der Waals surface area contributed by atoms with Crippen LogP contribution in [0, 0.1) is 0 Å². The van der Waals surface area contributed by atoms with Gasteiger partial charge in [-0.1, -0.05) is 0 Å². The van der Waals surface area contributed by atoms with Gasteiger partial charge in [-0.3, -0.25) is 0 Å². The average molecular weight is 229 g/mol. The minimum Gasteiger partial charge on any atom is -0.379 e. The lowest BCUT2D eigenvalue weighted by atomic mass is 10.2. The number of hydrogen-bond acceptors (Lipinski definition) is 4. The Labute approximate surface area is 95.2 Å². The SMILES string of the molecule is CCOCC(C)OC(CN)c1ccsc1. The van der Waals surface area contributed by atoms with E-state index in [2.05, 4.69) is 11.4 Å². The summed E-state index contributed by atoms with van der Waals surface area (Å²) in [6, 6.07) is 2.05. The zero-order chi connectivity index (χ0) is 11.1. The molecule has 1 aromatic heterocycles. The Kier molecular flexibility index (Phi) is 5.86. The highest BCUT2D eigenvalue weighted by atomic mass is 32.1. The highest BCUT2D eigenvalue weighted by Gasteiger charge is 2.14. The van der Waals surface area contributed by atoms with Crippen LogP contribution < -0.4 is 5.73 Å². The molecule has 86 valence electrons. The van der Waals surface area contributed by atoms with Crippen LogP contribution in [0.5, 0.6) is 0 Å². The zero-order valence-electron chi connectivity index (χ0n) is 9.31. The minimum absolute atomic E-state index is 0.00768. The molecule has 1 heterocycles. The standard InChI is InChI=1S/C11H19NO2S/c1-3-13-7-9(2)14-11(6-12)10-4-5-15-8-10/h4-5,8-9,11H,3,6-7,12H2,1-2H3. The molecule has 0 aromatic carbocycles. The van der Waals surface area contributed by atoms with Crippen LogP contribution in [0.25, 0.3) is 0 Å². The summed E-state index contributed by atoms with van der Waals surface area (Å²) in [6.45, 7) is 5.83. The topological polar surface area (TPSA) is 44.5 Å². The quantitative estimate of drug-likeness (QED) is 0.779. The molecule has 3 nitrogen and oxygen atoms in total. The van der Waals surface area contributed by atoms with Crippen LogP contribution in [0.15, 0.2) is 16.8 Å². The van der Waals surface area contributed by atoms with E-state index in [1.165, 1.54) is 0 Å². The predicted molar refractivity (Wildman–Crippen MR) is 63.2 cm³/mol. The molecule has 0 radical (unpaired) electrons. The Morgan fingerprint density at radius 2 is 2.33 bits per heavy atom. The van der Waals surface area contributed by atoms with Crippen molar-refractivity contribution in [2.24, 2.45) is 5.73 Å². The highest BCUT2D eigenvalue weighted by molar-refractivity contribution is 7.07. The molecule has 0 aliphatic rings. The van der Waals surface area contributed by atoms with Gasteiger partial charge in [0.1, 0.15) is 0 Å². The van der Waals surface area contributed by atoms with Gasteiger partial charge in [0.2, 0.25) is 0 Å². The molecule has 0 spiro atoms. The molecular formula is C11H19NO2S. The largest absolute Gasteiger partial charge is 0.379 e. The third-order valence-electron chi connectivity index (χ3n) is 2.08. The molecule has 0 aliphatic heterocycles. The van der Waals surface area contributed by atoms with E-state index in [0.717, 1.165) is 12.2 Å². The lowest BCUT2D eigenvalue weighted by molar-refractivity contribution is -0.0440. The van der Waals surface area contributed by atoms with Gasteiger partial charge in [0, 0.05) is 13.2 Å². The second kappa shape index (κ2) is 6.95. The van der Waals surface area contributed by atoms with Gasteiger partial charge >= 0.3 is 0 Å². The van der Waals surface area contributed by atoms with Crippen LogP contribution in [0.1, 0.15) is 25.5 Å². The number of ether oxygens (including phenoxy) is 2. The summed E-state index contributed by atoms with van der Waals surface area (Å²) >= 11 is 1.66. The van der Waals surface area contributed by atoms with Gasteiger partial charge in [0.05, 0.1) is 18.8 Å². The third-order valence-corrected chi connectivity index (χ3v) is 2.78. The fraction of sp³-hybridized carbons (Fsp3) is 0.636. The van der Waals surface area contributed by atoms with Crippen molar-refractivity contribution in [1.29, 1.82) is 0 Å². The molecule has 0 saturated heterocycles. The van der Waals surface area contributed by atoms with E-state index in [9.17, 15) is 0 Å². The van der Waals surface area contributed by atoms with Crippen molar-refractivity contribution in [2.75, 3.05) is 19.8 Å². The maximum Gasteiger partial charge on any atom is 0.0959 e. The van der Waals surface area contributed by atoms with E-state index in [0.29, 0.717) is 13.2 Å². The first-order chi connectivity index (χ1) is 7.27. The van der Waals surface area contributed by atoms with Crippen molar-refractivity contribution >= 4 is 11.3 Å². The van der Waals surface area contributed by atoms with Crippen molar-refractivity contribution in [1.82, 2.24) is 0 Å². The van der Waals surface area contributed by atoms with Crippen molar-refractivity contribution in [3.63, 3.8) is 0 Å². The molecule has 4 heteroatoms. The highest BCUT2D eigenvalue weighted by Crippen LogP contribution is 2.20. The molecule has 0 aliphatic carbocycles. The summed E-state index contributed by atoms with van der Waals surface area (Å²) < 4.78 is 11.1. The van der Waals surface area contributed by atoms with E-state index in [1.807, 2.05) is 19.2 Å². The van der Waals surface area contributed by atoms with E-state index in [4.69, 9.17) is 15.2 Å². The number of thiophene rings is 1. The second-order valence-electron chi connectivity index (χ2n) is 3.39. The Bertz CT molecular complexity index is 251. The second-order valence-corrected chi connectivity index (χ2v) is 4.17. The summed E-state index contributed by atoms with van der Waals surface area (Å²) in [5.74, 6) is 0. The summed E-state index contributed by atoms with van der Waals surface area (Å²) in [7, 11) is 0. The van der Waals surface area contributed by atoms with Crippen molar-refractivity contribution in [2.45, 2.75) is 26.1 Å². The minimum atomic E-state index is -0.00768. The van der Waals surface area contributed by atoms with Gasteiger partial charge in [-0.2, -0.15) is 11.3 Å². The fourth-order valence-electron chi connectivity index (χ4n) is 1.33.